The first-order valence-corrected chi connectivity index (χ1v) is 8.01. The molecule has 21 heavy (non-hydrogen) atoms. The third-order valence-electron chi connectivity index (χ3n) is 3.28. The van der Waals surface area contributed by atoms with Crippen LogP contribution in [-0.4, -0.2) is 16.0 Å². The van der Waals surface area contributed by atoms with Crippen molar-refractivity contribution < 1.29 is 0 Å². The zero-order valence-electron chi connectivity index (χ0n) is 12.8. The van der Waals surface area contributed by atoms with E-state index in [9.17, 15) is 0 Å². The number of nitrogens with zero attached hydrogens (tertiary/aromatic N) is 2. The molecular formula is C17H19N3S. The van der Waals surface area contributed by atoms with Crippen LogP contribution in [0.25, 0.3) is 22.2 Å². The number of pyridine rings is 1. The molecule has 1 aromatic carbocycles. The highest BCUT2D eigenvalue weighted by Crippen LogP contribution is 2.31. The van der Waals surface area contributed by atoms with E-state index >= 15 is 0 Å². The smallest absolute Gasteiger partial charge is 0.183 e. The Morgan fingerprint density at radius 2 is 1.90 bits per heavy atom. The number of fused-ring (bicyclic) bond motifs is 1. The maximum Gasteiger partial charge on any atom is 0.183 e. The van der Waals surface area contributed by atoms with Crippen molar-refractivity contribution in [1.82, 2.24) is 9.97 Å². The molecule has 1 N–H and O–H groups in total. The van der Waals surface area contributed by atoms with Crippen molar-refractivity contribution in [2.45, 2.75) is 33.7 Å². The molecule has 0 aliphatic heterocycles. The van der Waals surface area contributed by atoms with Crippen LogP contribution in [-0.2, 0) is 0 Å². The molecule has 2 heterocycles. The first-order chi connectivity index (χ1) is 10.0. The highest BCUT2D eigenvalue weighted by atomic mass is 32.1. The molecular weight excluding hydrogens is 278 g/mol. The van der Waals surface area contributed by atoms with Crippen LogP contribution in [0.2, 0.25) is 0 Å². The average molecular weight is 297 g/mol. The van der Waals surface area contributed by atoms with E-state index in [0.717, 1.165) is 27.6 Å². The molecule has 3 rings (SSSR count). The van der Waals surface area contributed by atoms with Gasteiger partial charge >= 0.3 is 0 Å². The lowest BCUT2D eigenvalue weighted by atomic mass is 10.0. The van der Waals surface area contributed by atoms with Gasteiger partial charge in [0.15, 0.2) is 5.13 Å². The molecule has 2 aromatic heterocycles. The van der Waals surface area contributed by atoms with Gasteiger partial charge in [0.2, 0.25) is 0 Å². The number of anilines is 1. The van der Waals surface area contributed by atoms with Gasteiger partial charge in [-0.15, -0.1) is 11.3 Å². The number of benzene rings is 1. The molecule has 4 heteroatoms. The summed E-state index contributed by atoms with van der Waals surface area (Å²) in [7, 11) is 0. The SMILES string of the molecule is Cc1ccc2nc(C)cc(-c3csc(NC(C)C)n3)c2c1. The Labute approximate surface area is 129 Å². The summed E-state index contributed by atoms with van der Waals surface area (Å²) in [5.41, 5.74) is 5.47. The van der Waals surface area contributed by atoms with Crippen LogP contribution in [0.1, 0.15) is 25.1 Å². The van der Waals surface area contributed by atoms with E-state index < -0.39 is 0 Å². The molecule has 0 amide bonds. The third kappa shape index (κ3) is 2.90. The van der Waals surface area contributed by atoms with Gasteiger partial charge in [0.05, 0.1) is 11.2 Å². The van der Waals surface area contributed by atoms with Gasteiger partial charge in [-0.25, -0.2) is 4.98 Å². The zero-order valence-corrected chi connectivity index (χ0v) is 13.6. The molecule has 0 unspecified atom stereocenters. The quantitative estimate of drug-likeness (QED) is 0.755. The second-order valence-corrected chi connectivity index (χ2v) is 6.53. The summed E-state index contributed by atoms with van der Waals surface area (Å²) in [5.74, 6) is 0. The Bertz CT molecular complexity index is 790. The van der Waals surface area contributed by atoms with E-state index in [1.165, 1.54) is 10.9 Å². The number of hydrogen-bond acceptors (Lipinski definition) is 4. The minimum absolute atomic E-state index is 0.391. The summed E-state index contributed by atoms with van der Waals surface area (Å²) in [6.07, 6.45) is 0. The highest BCUT2D eigenvalue weighted by Gasteiger charge is 2.11. The van der Waals surface area contributed by atoms with Crippen molar-refractivity contribution in [3.8, 4) is 11.3 Å². The molecule has 0 spiro atoms. The van der Waals surface area contributed by atoms with Crippen molar-refractivity contribution in [2.24, 2.45) is 0 Å². The van der Waals surface area contributed by atoms with Gasteiger partial charge in [0.25, 0.3) is 0 Å². The monoisotopic (exact) mass is 297 g/mol. The van der Waals surface area contributed by atoms with Crippen molar-refractivity contribution in [2.75, 3.05) is 5.32 Å². The Hall–Kier alpha value is -1.94. The van der Waals surface area contributed by atoms with Crippen LogP contribution >= 0.6 is 11.3 Å². The van der Waals surface area contributed by atoms with E-state index in [-0.39, 0.29) is 0 Å². The summed E-state index contributed by atoms with van der Waals surface area (Å²) in [5, 5.41) is 7.61. The molecule has 108 valence electrons. The molecule has 0 fully saturated rings. The molecule has 0 aliphatic carbocycles. The Kier molecular flexibility index (Phi) is 3.64. The minimum atomic E-state index is 0.391. The lowest BCUT2D eigenvalue weighted by molar-refractivity contribution is 0.897. The van der Waals surface area contributed by atoms with Crippen molar-refractivity contribution in [1.29, 1.82) is 0 Å². The van der Waals surface area contributed by atoms with E-state index in [1.807, 2.05) is 6.92 Å². The number of nitrogens with one attached hydrogen (secondary N) is 1. The molecule has 0 aliphatic rings. The fourth-order valence-corrected chi connectivity index (χ4v) is 3.25. The van der Waals surface area contributed by atoms with E-state index in [2.05, 4.69) is 60.7 Å². The predicted octanol–water partition coefficient (Wildman–Crippen LogP) is 4.80. The minimum Gasteiger partial charge on any atom is -0.359 e. The lowest BCUT2D eigenvalue weighted by Gasteiger charge is -2.07. The standard InChI is InChI=1S/C17H19N3S/c1-10(2)18-17-20-16(9-21-17)14-8-12(4)19-15-6-5-11(3)7-13(14)15/h5-10H,1-4H3,(H,18,20). The maximum absolute atomic E-state index is 4.72. The van der Waals surface area contributed by atoms with Crippen molar-refractivity contribution in [3.05, 3.63) is 40.9 Å². The van der Waals surface area contributed by atoms with E-state index in [4.69, 9.17) is 4.98 Å². The summed E-state index contributed by atoms with van der Waals surface area (Å²) < 4.78 is 0. The largest absolute Gasteiger partial charge is 0.359 e. The van der Waals surface area contributed by atoms with Crippen LogP contribution in [0.3, 0.4) is 0 Å². The Morgan fingerprint density at radius 1 is 1.10 bits per heavy atom. The van der Waals surface area contributed by atoms with E-state index in [0.29, 0.717) is 6.04 Å². The van der Waals surface area contributed by atoms with Crippen LogP contribution in [0, 0.1) is 13.8 Å². The second kappa shape index (κ2) is 5.45. The normalized spacial score (nSPS) is 11.3. The summed E-state index contributed by atoms with van der Waals surface area (Å²) in [4.78, 5) is 9.34. The first-order valence-electron chi connectivity index (χ1n) is 7.13. The molecule has 3 nitrogen and oxygen atoms in total. The molecule has 3 aromatic rings. The van der Waals surface area contributed by atoms with Crippen LogP contribution < -0.4 is 5.32 Å². The summed E-state index contributed by atoms with van der Waals surface area (Å²) >= 11 is 1.65. The van der Waals surface area contributed by atoms with Crippen molar-refractivity contribution in [3.63, 3.8) is 0 Å². The van der Waals surface area contributed by atoms with Crippen LogP contribution in [0.4, 0.5) is 5.13 Å². The Morgan fingerprint density at radius 3 is 2.67 bits per heavy atom. The third-order valence-corrected chi connectivity index (χ3v) is 4.06. The molecule has 0 saturated heterocycles. The average Bonchev–Trinajstić information content (AvgIpc) is 2.86. The lowest BCUT2D eigenvalue weighted by Crippen LogP contribution is -2.09. The Balaban J connectivity index is 2.14. The fourth-order valence-electron chi connectivity index (χ4n) is 2.39. The first kappa shape index (κ1) is 14.0. The van der Waals surface area contributed by atoms with Gasteiger partial charge < -0.3 is 5.32 Å². The maximum atomic E-state index is 4.72. The topological polar surface area (TPSA) is 37.8 Å². The zero-order chi connectivity index (χ0) is 15.0. The van der Waals surface area contributed by atoms with Gasteiger partial charge in [0.1, 0.15) is 0 Å². The van der Waals surface area contributed by atoms with Crippen LogP contribution in [0.5, 0.6) is 0 Å². The van der Waals surface area contributed by atoms with Gasteiger partial charge in [0, 0.05) is 28.1 Å². The second-order valence-electron chi connectivity index (χ2n) is 5.67. The molecule has 0 saturated carbocycles. The van der Waals surface area contributed by atoms with E-state index in [1.54, 1.807) is 11.3 Å². The summed E-state index contributed by atoms with van der Waals surface area (Å²) in [6.45, 7) is 8.38. The molecule has 0 bridgehead atoms. The van der Waals surface area contributed by atoms with Gasteiger partial charge in [-0.3, -0.25) is 4.98 Å². The number of thiazole rings is 1. The van der Waals surface area contributed by atoms with Crippen LogP contribution in [0.15, 0.2) is 29.6 Å². The predicted molar refractivity (Wildman–Crippen MR) is 91.1 cm³/mol. The van der Waals surface area contributed by atoms with Gasteiger partial charge in [-0.05, 0) is 45.9 Å². The summed E-state index contributed by atoms with van der Waals surface area (Å²) in [6, 6.07) is 8.89. The number of hydrogen-bond donors (Lipinski definition) is 1. The van der Waals surface area contributed by atoms with Crippen molar-refractivity contribution >= 4 is 27.4 Å². The number of aromatic nitrogens is 2. The molecule has 0 radical (unpaired) electrons. The van der Waals surface area contributed by atoms with Gasteiger partial charge in [-0.1, -0.05) is 11.6 Å². The highest BCUT2D eigenvalue weighted by molar-refractivity contribution is 7.14. The number of aryl methyl sites for hydroxylation is 2. The molecule has 0 atom stereocenters. The fraction of sp³-hybridized carbons (Fsp3) is 0.294. The van der Waals surface area contributed by atoms with Gasteiger partial charge in [-0.2, -0.15) is 0 Å². The number of rotatable bonds is 3.